The SMILES string of the molecule is CCCC(Nc1c(F)cc(Br)cc1F)C(=O)O. The van der Waals surface area contributed by atoms with Crippen LogP contribution in [0.3, 0.4) is 0 Å². The number of carboxylic acids is 1. The molecule has 1 unspecified atom stereocenters. The van der Waals surface area contributed by atoms with Gasteiger partial charge in [0.05, 0.1) is 0 Å². The lowest BCUT2D eigenvalue weighted by Gasteiger charge is -2.16. The van der Waals surface area contributed by atoms with E-state index in [1.165, 1.54) is 0 Å². The number of halogens is 3. The van der Waals surface area contributed by atoms with Gasteiger partial charge in [-0.25, -0.2) is 13.6 Å². The number of hydrogen-bond donors (Lipinski definition) is 2. The van der Waals surface area contributed by atoms with Crippen molar-refractivity contribution in [3.8, 4) is 0 Å². The topological polar surface area (TPSA) is 49.3 Å². The quantitative estimate of drug-likeness (QED) is 0.876. The number of hydrogen-bond acceptors (Lipinski definition) is 2. The summed E-state index contributed by atoms with van der Waals surface area (Å²) in [6, 6.07) is 1.16. The van der Waals surface area contributed by atoms with Crippen LogP contribution in [0.15, 0.2) is 16.6 Å². The molecule has 0 radical (unpaired) electrons. The molecule has 1 aromatic carbocycles. The van der Waals surface area contributed by atoms with Crippen molar-refractivity contribution < 1.29 is 18.7 Å². The maximum absolute atomic E-state index is 13.4. The van der Waals surface area contributed by atoms with Crippen LogP contribution in [0.4, 0.5) is 14.5 Å². The molecule has 17 heavy (non-hydrogen) atoms. The molecule has 1 atom stereocenters. The molecular weight excluding hydrogens is 296 g/mol. The van der Waals surface area contributed by atoms with Gasteiger partial charge in [0.1, 0.15) is 23.4 Å². The van der Waals surface area contributed by atoms with Gasteiger partial charge in [0.25, 0.3) is 0 Å². The fraction of sp³-hybridized carbons (Fsp3) is 0.364. The van der Waals surface area contributed by atoms with Gasteiger partial charge in [0.15, 0.2) is 0 Å². The lowest BCUT2D eigenvalue weighted by molar-refractivity contribution is -0.138. The minimum atomic E-state index is -1.13. The number of anilines is 1. The summed E-state index contributed by atoms with van der Waals surface area (Å²) >= 11 is 2.95. The molecule has 3 nitrogen and oxygen atoms in total. The summed E-state index contributed by atoms with van der Waals surface area (Å²) in [5.41, 5.74) is -0.408. The lowest BCUT2D eigenvalue weighted by atomic mass is 10.1. The highest BCUT2D eigenvalue weighted by atomic mass is 79.9. The van der Waals surface area contributed by atoms with Gasteiger partial charge in [-0.1, -0.05) is 29.3 Å². The highest BCUT2D eigenvalue weighted by Crippen LogP contribution is 2.24. The minimum absolute atomic E-state index is 0.264. The number of benzene rings is 1. The molecule has 0 aliphatic rings. The van der Waals surface area contributed by atoms with Crippen molar-refractivity contribution in [2.75, 3.05) is 5.32 Å². The molecule has 2 N–H and O–H groups in total. The number of carbonyl (C=O) groups is 1. The maximum atomic E-state index is 13.4. The molecule has 94 valence electrons. The molecule has 0 aliphatic heterocycles. The van der Waals surface area contributed by atoms with Crippen LogP contribution in [0.1, 0.15) is 19.8 Å². The summed E-state index contributed by atoms with van der Waals surface area (Å²) in [4.78, 5) is 10.9. The first kappa shape index (κ1) is 13.9. The summed E-state index contributed by atoms with van der Waals surface area (Å²) in [6.07, 6.45) is 0.897. The van der Waals surface area contributed by atoms with E-state index in [0.717, 1.165) is 12.1 Å². The van der Waals surface area contributed by atoms with Gasteiger partial charge in [0, 0.05) is 4.47 Å². The predicted octanol–water partition coefficient (Wildman–Crippen LogP) is 3.39. The number of nitrogens with one attached hydrogen (secondary N) is 1. The smallest absolute Gasteiger partial charge is 0.326 e. The largest absolute Gasteiger partial charge is 0.480 e. The van der Waals surface area contributed by atoms with Gasteiger partial charge >= 0.3 is 5.97 Å². The predicted molar refractivity (Wildman–Crippen MR) is 64.0 cm³/mol. The summed E-state index contributed by atoms with van der Waals surface area (Å²) < 4.78 is 27.2. The molecule has 1 rings (SSSR count). The van der Waals surface area contributed by atoms with Crippen LogP contribution in [0.5, 0.6) is 0 Å². The van der Waals surface area contributed by atoms with E-state index in [1.54, 1.807) is 6.92 Å². The molecule has 0 aromatic heterocycles. The van der Waals surface area contributed by atoms with Crippen molar-refractivity contribution in [3.63, 3.8) is 0 Å². The highest BCUT2D eigenvalue weighted by molar-refractivity contribution is 9.10. The van der Waals surface area contributed by atoms with E-state index in [9.17, 15) is 13.6 Å². The standard InChI is InChI=1S/C11H12BrF2NO2/c1-2-3-9(11(16)17)15-10-7(13)4-6(12)5-8(10)14/h4-5,9,15H,2-3H2,1H3,(H,16,17). The van der Waals surface area contributed by atoms with Crippen LogP contribution >= 0.6 is 15.9 Å². The zero-order valence-electron chi connectivity index (χ0n) is 9.14. The lowest BCUT2D eigenvalue weighted by Crippen LogP contribution is -2.29. The molecule has 0 fully saturated rings. The van der Waals surface area contributed by atoms with Crippen molar-refractivity contribution in [1.82, 2.24) is 0 Å². The third kappa shape index (κ3) is 3.66. The second kappa shape index (κ2) is 5.95. The zero-order chi connectivity index (χ0) is 13.0. The Morgan fingerprint density at radius 1 is 1.47 bits per heavy atom. The van der Waals surface area contributed by atoms with E-state index in [2.05, 4.69) is 21.2 Å². The van der Waals surface area contributed by atoms with Crippen molar-refractivity contribution in [2.45, 2.75) is 25.8 Å². The van der Waals surface area contributed by atoms with Crippen LogP contribution in [0.2, 0.25) is 0 Å². The number of aliphatic carboxylic acids is 1. The second-order valence-electron chi connectivity index (χ2n) is 3.57. The van der Waals surface area contributed by atoms with Crippen molar-refractivity contribution >= 4 is 27.6 Å². The Morgan fingerprint density at radius 3 is 2.41 bits per heavy atom. The summed E-state index contributed by atoms with van der Waals surface area (Å²) in [6.45, 7) is 1.80. The van der Waals surface area contributed by atoms with Gasteiger partial charge < -0.3 is 10.4 Å². The van der Waals surface area contributed by atoms with Gasteiger partial charge in [-0.15, -0.1) is 0 Å². The third-order valence-electron chi connectivity index (χ3n) is 2.20. The minimum Gasteiger partial charge on any atom is -0.480 e. The fourth-order valence-corrected chi connectivity index (χ4v) is 1.80. The average Bonchev–Trinajstić information content (AvgIpc) is 2.21. The first-order valence-corrected chi connectivity index (χ1v) is 5.89. The normalized spacial score (nSPS) is 12.2. The van der Waals surface area contributed by atoms with E-state index in [-0.39, 0.29) is 4.47 Å². The molecule has 0 heterocycles. The molecule has 1 aromatic rings. The molecular formula is C11H12BrF2NO2. The van der Waals surface area contributed by atoms with Gasteiger partial charge in [0.2, 0.25) is 0 Å². The Kier molecular flexibility index (Phi) is 4.86. The molecule has 0 saturated carbocycles. The average molecular weight is 308 g/mol. The molecule has 0 amide bonds. The molecule has 6 heteroatoms. The Labute approximate surface area is 106 Å². The first-order chi connectivity index (χ1) is 7.95. The monoisotopic (exact) mass is 307 g/mol. The highest BCUT2D eigenvalue weighted by Gasteiger charge is 2.20. The van der Waals surface area contributed by atoms with Crippen molar-refractivity contribution in [1.29, 1.82) is 0 Å². The summed E-state index contributed by atoms with van der Waals surface area (Å²) in [5, 5.41) is 11.3. The zero-order valence-corrected chi connectivity index (χ0v) is 10.7. The number of carboxylic acid groups (broad SMARTS) is 1. The van der Waals surface area contributed by atoms with Gasteiger partial charge in [-0.2, -0.15) is 0 Å². The first-order valence-electron chi connectivity index (χ1n) is 5.09. The van der Waals surface area contributed by atoms with E-state index >= 15 is 0 Å². The van der Waals surface area contributed by atoms with Crippen LogP contribution < -0.4 is 5.32 Å². The Bertz CT molecular complexity index is 403. The van der Waals surface area contributed by atoms with E-state index < -0.39 is 29.3 Å². The maximum Gasteiger partial charge on any atom is 0.326 e. The van der Waals surface area contributed by atoms with E-state index in [4.69, 9.17) is 5.11 Å². The van der Waals surface area contributed by atoms with Crippen LogP contribution in [0.25, 0.3) is 0 Å². The second-order valence-corrected chi connectivity index (χ2v) is 4.48. The number of rotatable bonds is 5. The molecule has 0 spiro atoms. The molecule has 0 bridgehead atoms. The Hall–Kier alpha value is -1.17. The van der Waals surface area contributed by atoms with E-state index in [1.807, 2.05) is 0 Å². The Balaban J connectivity index is 2.97. The van der Waals surface area contributed by atoms with Crippen LogP contribution in [0, 0.1) is 11.6 Å². The summed E-state index contributed by atoms with van der Waals surface area (Å²) in [7, 11) is 0. The van der Waals surface area contributed by atoms with Crippen LogP contribution in [-0.2, 0) is 4.79 Å². The molecule has 0 saturated heterocycles. The fourth-order valence-electron chi connectivity index (χ4n) is 1.40. The molecule has 0 aliphatic carbocycles. The van der Waals surface area contributed by atoms with Crippen molar-refractivity contribution in [2.24, 2.45) is 0 Å². The van der Waals surface area contributed by atoms with Gasteiger partial charge in [-0.05, 0) is 18.6 Å². The Morgan fingerprint density at radius 2 is 2.00 bits per heavy atom. The van der Waals surface area contributed by atoms with Crippen molar-refractivity contribution in [3.05, 3.63) is 28.2 Å². The van der Waals surface area contributed by atoms with E-state index in [0.29, 0.717) is 12.8 Å². The van der Waals surface area contributed by atoms with Gasteiger partial charge in [-0.3, -0.25) is 0 Å². The third-order valence-corrected chi connectivity index (χ3v) is 2.66. The van der Waals surface area contributed by atoms with Crippen LogP contribution in [-0.4, -0.2) is 17.1 Å². The summed E-state index contributed by atoms with van der Waals surface area (Å²) in [5.74, 6) is -2.77.